The molecule has 4 rings (SSSR count). The fourth-order valence-electron chi connectivity index (χ4n) is 3.65. The van der Waals surface area contributed by atoms with Crippen LogP contribution in [0.5, 0.6) is 0 Å². The van der Waals surface area contributed by atoms with Gasteiger partial charge < -0.3 is 4.90 Å². The highest BCUT2D eigenvalue weighted by molar-refractivity contribution is 6.30. The molecule has 0 bridgehead atoms. The Bertz CT molecular complexity index is 923. The number of carbonyl (C=O) groups excluding carboxylic acids is 1. The summed E-state index contributed by atoms with van der Waals surface area (Å²) >= 11 is 6.02. The van der Waals surface area contributed by atoms with E-state index in [9.17, 15) is 4.79 Å². The third-order valence-corrected chi connectivity index (χ3v) is 5.23. The summed E-state index contributed by atoms with van der Waals surface area (Å²) in [6, 6.07) is 13.6. The number of hydrogen-bond acceptors (Lipinski definition) is 3. The van der Waals surface area contributed by atoms with Crippen molar-refractivity contribution in [2.24, 2.45) is 0 Å². The predicted octanol–water partition coefficient (Wildman–Crippen LogP) is 3.72. The van der Waals surface area contributed by atoms with E-state index < -0.39 is 0 Å². The number of likely N-dealkylation sites (tertiary alicyclic amines) is 1. The standard InChI is InChI=1S/C20H21ClN4O/c21-17-7-3-5-15(13-17)9-10-19(26)24-11-4-6-16(14-24)20-23-22-18-8-1-2-12-25(18)20/h1-3,5,7-8,12-13,16H,4,6,9-11,14H2. The van der Waals surface area contributed by atoms with Gasteiger partial charge in [0.15, 0.2) is 5.65 Å². The van der Waals surface area contributed by atoms with Gasteiger partial charge in [0.25, 0.3) is 0 Å². The SMILES string of the molecule is O=C(CCc1cccc(Cl)c1)N1CCCC(c2nnc3ccccn23)C1. The van der Waals surface area contributed by atoms with Crippen LogP contribution in [0.2, 0.25) is 5.02 Å². The van der Waals surface area contributed by atoms with Crippen molar-refractivity contribution in [1.82, 2.24) is 19.5 Å². The number of pyridine rings is 1. The summed E-state index contributed by atoms with van der Waals surface area (Å²) in [5.74, 6) is 1.38. The van der Waals surface area contributed by atoms with E-state index in [1.54, 1.807) is 0 Å². The predicted molar refractivity (Wildman–Crippen MR) is 101 cm³/mol. The maximum atomic E-state index is 12.7. The molecule has 1 aromatic carbocycles. The summed E-state index contributed by atoms with van der Waals surface area (Å²) in [6.07, 6.45) is 5.25. The number of piperidine rings is 1. The van der Waals surface area contributed by atoms with Crippen LogP contribution >= 0.6 is 11.6 Å². The van der Waals surface area contributed by atoms with E-state index in [0.29, 0.717) is 24.4 Å². The number of benzene rings is 1. The minimum atomic E-state index is 0.198. The zero-order valence-electron chi connectivity index (χ0n) is 14.5. The lowest BCUT2D eigenvalue weighted by Crippen LogP contribution is -2.39. The highest BCUT2D eigenvalue weighted by Gasteiger charge is 2.27. The van der Waals surface area contributed by atoms with E-state index >= 15 is 0 Å². The van der Waals surface area contributed by atoms with E-state index in [1.807, 2.05) is 58.0 Å². The van der Waals surface area contributed by atoms with Gasteiger partial charge in [0.2, 0.25) is 5.91 Å². The molecule has 3 aromatic rings. The fourth-order valence-corrected chi connectivity index (χ4v) is 3.87. The van der Waals surface area contributed by atoms with E-state index in [0.717, 1.165) is 36.4 Å². The molecule has 0 aliphatic carbocycles. The first-order valence-electron chi connectivity index (χ1n) is 9.02. The number of nitrogens with zero attached hydrogens (tertiary/aromatic N) is 4. The molecule has 0 N–H and O–H groups in total. The van der Waals surface area contributed by atoms with Gasteiger partial charge in [-0.15, -0.1) is 10.2 Å². The molecule has 1 amide bonds. The van der Waals surface area contributed by atoms with Crippen LogP contribution in [-0.2, 0) is 11.2 Å². The molecule has 1 aliphatic heterocycles. The largest absolute Gasteiger partial charge is 0.342 e. The van der Waals surface area contributed by atoms with Gasteiger partial charge in [0.05, 0.1) is 0 Å². The van der Waals surface area contributed by atoms with Crippen molar-refractivity contribution < 1.29 is 4.79 Å². The first-order valence-corrected chi connectivity index (χ1v) is 9.40. The Balaban J connectivity index is 1.42. The zero-order valence-corrected chi connectivity index (χ0v) is 15.3. The van der Waals surface area contributed by atoms with Crippen LogP contribution in [0.25, 0.3) is 5.65 Å². The molecule has 6 heteroatoms. The van der Waals surface area contributed by atoms with Crippen molar-refractivity contribution in [3.8, 4) is 0 Å². The Morgan fingerprint density at radius 3 is 3.00 bits per heavy atom. The van der Waals surface area contributed by atoms with Crippen LogP contribution in [0.3, 0.4) is 0 Å². The molecule has 3 heterocycles. The number of amides is 1. The minimum absolute atomic E-state index is 0.198. The lowest BCUT2D eigenvalue weighted by atomic mass is 9.96. The molecule has 5 nitrogen and oxygen atoms in total. The van der Waals surface area contributed by atoms with Crippen molar-refractivity contribution in [2.45, 2.75) is 31.6 Å². The number of aromatic nitrogens is 3. The van der Waals surface area contributed by atoms with Gasteiger partial charge >= 0.3 is 0 Å². The lowest BCUT2D eigenvalue weighted by Gasteiger charge is -2.32. The van der Waals surface area contributed by atoms with Crippen LogP contribution in [0.1, 0.15) is 36.6 Å². The van der Waals surface area contributed by atoms with Gasteiger partial charge in [0, 0.05) is 36.6 Å². The first kappa shape index (κ1) is 17.0. The molecule has 1 unspecified atom stereocenters. The molecule has 2 aromatic heterocycles. The quantitative estimate of drug-likeness (QED) is 0.705. The summed E-state index contributed by atoms with van der Waals surface area (Å²) < 4.78 is 2.03. The van der Waals surface area contributed by atoms with Crippen molar-refractivity contribution in [2.75, 3.05) is 13.1 Å². The summed E-state index contributed by atoms with van der Waals surface area (Å²) in [6.45, 7) is 1.53. The van der Waals surface area contributed by atoms with Gasteiger partial charge in [-0.2, -0.15) is 0 Å². The van der Waals surface area contributed by atoms with Gasteiger partial charge in [-0.05, 0) is 49.1 Å². The molecule has 1 aliphatic rings. The average molecular weight is 369 g/mol. The van der Waals surface area contributed by atoms with Crippen molar-refractivity contribution in [3.63, 3.8) is 0 Å². The maximum Gasteiger partial charge on any atom is 0.222 e. The van der Waals surface area contributed by atoms with E-state index in [1.165, 1.54) is 0 Å². The Morgan fingerprint density at radius 1 is 1.19 bits per heavy atom. The highest BCUT2D eigenvalue weighted by atomic mass is 35.5. The Labute approximate surface area is 157 Å². The summed E-state index contributed by atoms with van der Waals surface area (Å²) in [4.78, 5) is 14.7. The molecule has 1 fully saturated rings. The number of halogens is 1. The molecule has 134 valence electrons. The van der Waals surface area contributed by atoms with Crippen molar-refractivity contribution in [1.29, 1.82) is 0 Å². The average Bonchev–Trinajstić information content (AvgIpc) is 3.10. The second kappa shape index (κ2) is 7.46. The van der Waals surface area contributed by atoms with Crippen molar-refractivity contribution in [3.05, 3.63) is 65.1 Å². The molecule has 1 saturated heterocycles. The topological polar surface area (TPSA) is 50.5 Å². The zero-order chi connectivity index (χ0) is 17.9. The smallest absolute Gasteiger partial charge is 0.222 e. The number of hydrogen-bond donors (Lipinski definition) is 0. The van der Waals surface area contributed by atoms with Gasteiger partial charge in [-0.1, -0.05) is 29.8 Å². The van der Waals surface area contributed by atoms with Crippen molar-refractivity contribution >= 4 is 23.2 Å². The molecule has 26 heavy (non-hydrogen) atoms. The number of fused-ring (bicyclic) bond motifs is 1. The third kappa shape index (κ3) is 3.58. The number of aryl methyl sites for hydroxylation is 1. The molecular weight excluding hydrogens is 348 g/mol. The third-order valence-electron chi connectivity index (χ3n) is 5.00. The summed E-state index contributed by atoms with van der Waals surface area (Å²) in [7, 11) is 0. The normalized spacial score (nSPS) is 17.6. The van der Waals surface area contributed by atoms with Crippen LogP contribution in [0, 0.1) is 0 Å². The van der Waals surface area contributed by atoms with Crippen LogP contribution in [0.4, 0.5) is 0 Å². The molecule has 1 atom stereocenters. The molecule has 0 saturated carbocycles. The maximum absolute atomic E-state index is 12.7. The fraction of sp³-hybridized carbons (Fsp3) is 0.350. The molecular formula is C20H21ClN4O. The number of carbonyl (C=O) groups is 1. The Morgan fingerprint density at radius 2 is 2.12 bits per heavy atom. The van der Waals surface area contributed by atoms with Gasteiger partial charge in [0.1, 0.15) is 5.82 Å². The van der Waals surface area contributed by atoms with E-state index in [2.05, 4.69) is 10.2 Å². The minimum Gasteiger partial charge on any atom is -0.342 e. The highest BCUT2D eigenvalue weighted by Crippen LogP contribution is 2.26. The molecule has 0 radical (unpaired) electrons. The van der Waals surface area contributed by atoms with Crippen LogP contribution < -0.4 is 0 Å². The van der Waals surface area contributed by atoms with Crippen LogP contribution in [0.15, 0.2) is 48.7 Å². The summed E-state index contributed by atoms with van der Waals surface area (Å²) in [5.41, 5.74) is 1.95. The summed E-state index contributed by atoms with van der Waals surface area (Å²) in [5, 5.41) is 9.34. The van der Waals surface area contributed by atoms with Gasteiger partial charge in [-0.25, -0.2) is 0 Å². The Kier molecular flexibility index (Phi) is 4.89. The van der Waals surface area contributed by atoms with Crippen LogP contribution in [-0.4, -0.2) is 38.5 Å². The monoisotopic (exact) mass is 368 g/mol. The second-order valence-electron chi connectivity index (χ2n) is 6.80. The van der Waals surface area contributed by atoms with E-state index in [-0.39, 0.29) is 11.8 Å². The number of rotatable bonds is 4. The first-order chi connectivity index (χ1) is 12.7. The lowest BCUT2D eigenvalue weighted by molar-refractivity contribution is -0.132. The Hall–Kier alpha value is -2.40. The second-order valence-corrected chi connectivity index (χ2v) is 7.23. The van der Waals surface area contributed by atoms with E-state index in [4.69, 9.17) is 11.6 Å². The molecule has 0 spiro atoms. The van der Waals surface area contributed by atoms with Gasteiger partial charge in [-0.3, -0.25) is 9.20 Å².